The van der Waals surface area contributed by atoms with Crippen LogP contribution in [0.15, 0.2) is 6.20 Å². The maximum atomic E-state index is 12.8. The zero-order valence-electron chi connectivity index (χ0n) is 17.7. The second-order valence-electron chi connectivity index (χ2n) is 10.4. The van der Waals surface area contributed by atoms with Crippen LogP contribution in [0.4, 0.5) is 0 Å². The van der Waals surface area contributed by atoms with Crippen molar-refractivity contribution in [2.45, 2.75) is 76.5 Å². The number of carbonyl (C=O) groups excluding carboxylic acids is 1. The summed E-state index contributed by atoms with van der Waals surface area (Å²) in [4.78, 5) is 14.9. The van der Waals surface area contributed by atoms with Crippen molar-refractivity contribution in [1.29, 1.82) is 0 Å². The smallest absolute Gasteiger partial charge is 0.225 e. The minimum Gasteiger partial charge on any atom is -0.384 e. The van der Waals surface area contributed by atoms with Gasteiger partial charge in [0.25, 0.3) is 0 Å². The molecule has 1 N–H and O–H groups in total. The maximum absolute atomic E-state index is 12.8. The summed E-state index contributed by atoms with van der Waals surface area (Å²) in [6.07, 6.45) is 9.82. The van der Waals surface area contributed by atoms with Crippen LogP contribution < -0.4 is 0 Å². The highest BCUT2D eigenvalue weighted by Gasteiger charge is 2.46. The van der Waals surface area contributed by atoms with Gasteiger partial charge in [0.1, 0.15) is 11.3 Å². The summed E-state index contributed by atoms with van der Waals surface area (Å²) in [6.45, 7) is 6.07. The lowest BCUT2D eigenvalue weighted by Gasteiger charge is -2.37. The molecular weight excluding hydrogens is 368 g/mol. The number of hydrogen-bond acceptors (Lipinski definition) is 5. The molecule has 0 radical (unpaired) electrons. The van der Waals surface area contributed by atoms with Crippen molar-refractivity contribution in [2.75, 3.05) is 19.7 Å². The fourth-order valence-electron chi connectivity index (χ4n) is 5.20. The van der Waals surface area contributed by atoms with E-state index in [1.807, 2.05) is 10.9 Å². The van der Waals surface area contributed by atoms with Crippen molar-refractivity contribution in [3.8, 4) is 0 Å². The molecule has 160 valence electrons. The van der Waals surface area contributed by atoms with Gasteiger partial charge in [-0.2, -0.15) is 0 Å². The Morgan fingerprint density at radius 2 is 1.93 bits per heavy atom. The van der Waals surface area contributed by atoms with Crippen LogP contribution in [0.25, 0.3) is 0 Å². The van der Waals surface area contributed by atoms with Crippen molar-refractivity contribution in [3.05, 3.63) is 11.9 Å². The molecule has 1 amide bonds. The molecule has 0 bridgehead atoms. The van der Waals surface area contributed by atoms with Gasteiger partial charge in [-0.15, -0.1) is 5.10 Å². The third-order valence-electron chi connectivity index (χ3n) is 7.57. The molecule has 4 fully saturated rings. The topological polar surface area (TPSA) is 80.5 Å². The predicted molar refractivity (Wildman–Crippen MR) is 107 cm³/mol. The van der Waals surface area contributed by atoms with E-state index in [0.717, 1.165) is 51.3 Å². The van der Waals surface area contributed by atoms with Gasteiger partial charge in [0, 0.05) is 25.6 Å². The number of carbonyl (C=O) groups is 1. The normalized spacial score (nSPS) is 32.9. The molecule has 7 heteroatoms. The number of likely N-dealkylation sites (tertiary alicyclic amines) is 1. The largest absolute Gasteiger partial charge is 0.384 e. The van der Waals surface area contributed by atoms with Gasteiger partial charge in [0.15, 0.2) is 0 Å². The standard InChI is InChI=1S/C22H34N4O3/c1-22(2,28)20-12-26(24-23-20)18-8-16-10-25(21(27)15-4-3-5-15)11-17(16)9-19(18)29-13-14-6-7-14/h12,14-19,28H,3-11,13H2,1-2H3/t16-,17+,18-,19-/m1/s1. The lowest BCUT2D eigenvalue weighted by Crippen LogP contribution is -2.38. The molecule has 0 spiro atoms. The van der Waals surface area contributed by atoms with Gasteiger partial charge >= 0.3 is 0 Å². The first-order valence-electron chi connectivity index (χ1n) is 11.4. The van der Waals surface area contributed by atoms with E-state index >= 15 is 0 Å². The van der Waals surface area contributed by atoms with Gasteiger partial charge < -0.3 is 14.7 Å². The van der Waals surface area contributed by atoms with Crippen LogP contribution in [0.5, 0.6) is 0 Å². The Morgan fingerprint density at radius 1 is 1.21 bits per heavy atom. The van der Waals surface area contributed by atoms with E-state index in [-0.39, 0.29) is 18.1 Å². The minimum atomic E-state index is -1.00. The molecule has 0 aromatic carbocycles. The molecule has 0 unspecified atom stereocenters. The number of fused-ring (bicyclic) bond motifs is 1. The zero-order valence-corrected chi connectivity index (χ0v) is 17.7. The highest BCUT2D eigenvalue weighted by Crippen LogP contribution is 2.44. The molecule has 7 nitrogen and oxygen atoms in total. The highest BCUT2D eigenvalue weighted by molar-refractivity contribution is 5.79. The quantitative estimate of drug-likeness (QED) is 0.791. The number of aromatic nitrogens is 3. The van der Waals surface area contributed by atoms with Crippen LogP contribution in [-0.2, 0) is 15.1 Å². The Balaban J connectivity index is 1.32. The average molecular weight is 403 g/mol. The predicted octanol–water partition coefficient (Wildman–Crippen LogP) is 2.51. The fourth-order valence-corrected chi connectivity index (χ4v) is 5.20. The van der Waals surface area contributed by atoms with E-state index in [4.69, 9.17) is 4.74 Å². The minimum absolute atomic E-state index is 0.104. The Labute approximate surface area is 172 Å². The van der Waals surface area contributed by atoms with Crippen LogP contribution in [0.1, 0.15) is 70.5 Å². The Bertz CT molecular complexity index is 749. The SMILES string of the molecule is CC(C)(O)c1cn([C@@H]2C[C@@H]3CN(C(=O)C4CCC4)C[C@@H]3C[C@H]2OCC2CC2)nn1. The highest BCUT2D eigenvalue weighted by atomic mass is 16.5. The molecule has 1 aromatic heterocycles. The number of rotatable bonds is 6. The summed E-state index contributed by atoms with van der Waals surface area (Å²) in [5.74, 6) is 2.40. The summed E-state index contributed by atoms with van der Waals surface area (Å²) < 4.78 is 8.31. The third kappa shape index (κ3) is 3.96. The van der Waals surface area contributed by atoms with Gasteiger partial charge in [-0.1, -0.05) is 11.6 Å². The summed E-state index contributed by atoms with van der Waals surface area (Å²) >= 11 is 0. The Kier molecular flexibility index (Phi) is 4.93. The van der Waals surface area contributed by atoms with Gasteiger partial charge in [0.2, 0.25) is 5.91 Å². The maximum Gasteiger partial charge on any atom is 0.225 e. The van der Waals surface area contributed by atoms with Crippen molar-refractivity contribution in [1.82, 2.24) is 19.9 Å². The van der Waals surface area contributed by atoms with E-state index < -0.39 is 5.60 Å². The van der Waals surface area contributed by atoms with Crippen molar-refractivity contribution < 1.29 is 14.6 Å². The van der Waals surface area contributed by atoms with Crippen LogP contribution in [-0.4, -0.2) is 56.7 Å². The van der Waals surface area contributed by atoms with Crippen molar-refractivity contribution in [3.63, 3.8) is 0 Å². The van der Waals surface area contributed by atoms with E-state index in [1.54, 1.807) is 13.8 Å². The van der Waals surface area contributed by atoms with Gasteiger partial charge in [-0.3, -0.25) is 4.79 Å². The number of nitrogens with zero attached hydrogens (tertiary/aromatic N) is 4. The Morgan fingerprint density at radius 3 is 2.52 bits per heavy atom. The lowest BCUT2D eigenvalue weighted by molar-refractivity contribution is -0.137. The molecule has 29 heavy (non-hydrogen) atoms. The van der Waals surface area contributed by atoms with Crippen LogP contribution in [0, 0.1) is 23.7 Å². The number of amides is 1. The van der Waals surface area contributed by atoms with Crippen molar-refractivity contribution in [2.24, 2.45) is 23.7 Å². The summed E-state index contributed by atoms with van der Waals surface area (Å²) in [7, 11) is 0. The van der Waals surface area contributed by atoms with Gasteiger partial charge in [0.05, 0.1) is 18.3 Å². The first kappa shape index (κ1) is 19.5. The lowest BCUT2D eigenvalue weighted by atomic mass is 9.77. The van der Waals surface area contributed by atoms with Crippen LogP contribution in [0.2, 0.25) is 0 Å². The van der Waals surface area contributed by atoms with Crippen LogP contribution >= 0.6 is 0 Å². The van der Waals surface area contributed by atoms with E-state index in [2.05, 4.69) is 15.2 Å². The van der Waals surface area contributed by atoms with E-state index in [0.29, 0.717) is 23.4 Å². The number of ether oxygens (including phenoxy) is 1. The molecule has 5 rings (SSSR count). The van der Waals surface area contributed by atoms with Gasteiger partial charge in [-0.25, -0.2) is 4.68 Å². The summed E-state index contributed by atoms with van der Waals surface area (Å²) in [5, 5.41) is 18.9. The molecule has 2 heterocycles. The number of hydrogen-bond donors (Lipinski definition) is 1. The molecular formula is C22H34N4O3. The Hall–Kier alpha value is -1.47. The van der Waals surface area contributed by atoms with E-state index in [1.165, 1.54) is 19.3 Å². The van der Waals surface area contributed by atoms with E-state index in [9.17, 15) is 9.90 Å². The number of aliphatic hydroxyl groups is 1. The molecule has 1 aromatic rings. The fraction of sp³-hybridized carbons (Fsp3) is 0.864. The summed E-state index contributed by atoms with van der Waals surface area (Å²) in [5.41, 5.74) is -0.409. The monoisotopic (exact) mass is 402 g/mol. The first-order valence-corrected chi connectivity index (χ1v) is 11.4. The van der Waals surface area contributed by atoms with Gasteiger partial charge in [-0.05, 0) is 70.1 Å². The third-order valence-corrected chi connectivity index (χ3v) is 7.57. The van der Waals surface area contributed by atoms with Crippen LogP contribution in [0.3, 0.4) is 0 Å². The first-order chi connectivity index (χ1) is 13.9. The summed E-state index contributed by atoms with van der Waals surface area (Å²) in [6, 6.07) is 0.123. The molecule has 1 saturated heterocycles. The molecule has 4 atom stereocenters. The molecule has 3 saturated carbocycles. The second-order valence-corrected chi connectivity index (χ2v) is 10.4. The average Bonchev–Trinajstić information content (AvgIpc) is 3.14. The molecule has 4 aliphatic rings. The van der Waals surface area contributed by atoms with Crippen molar-refractivity contribution >= 4 is 5.91 Å². The molecule has 1 aliphatic heterocycles. The zero-order chi connectivity index (χ0) is 20.2. The second kappa shape index (κ2) is 7.34. The molecule has 3 aliphatic carbocycles.